The van der Waals surface area contributed by atoms with Crippen LogP contribution < -0.4 is 0 Å². The topological polar surface area (TPSA) is 9.23 Å². The summed E-state index contributed by atoms with van der Waals surface area (Å²) in [6.07, 6.45) is 18.1. The van der Waals surface area contributed by atoms with Crippen LogP contribution >= 0.6 is 0 Å². The number of allylic oxidation sites excluding steroid dienone is 2. The predicted octanol–water partition coefficient (Wildman–Crippen LogP) is 4.99. The molecule has 2 aliphatic rings. The molecule has 1 heteroatoms. The van der Waals surface area contributed by atoms with Gasteiger partial charge in [0, 0.05) is 7.11 Å². The largest absolute Gasteiger partial charge is 0.381 e. The fraction of sp³-hybridized carbons (Fsp3) is 0.778. The molecule has 0 aromatic heterocycles. The van der Waals surface area contributed by atoms with Crippen LogP contribution in [0.15, 0.2) is 24.8 Å². The molecule has 2 saturated carbocycles. The van der Waals surface area contributed by atoms with Crippen LogP contribution in [0.25, 0.3) is 0 Å². The SMILES string of the molecule is C=C[C@H]1CC[C@H]([C@H]2CC[C@H](C=CCOC)CC2)CC1. The summed E-state index contributed by atoms with van der Waals surface area (Å²) in [5, 5.41) is 0. The molecule has 1 nitrogen and oxygen atoms in total. The lowest BCUT2D eigenvalue weighted by Crippen LogP contribution is -2.25. The van der Waals surface area contributed by atoms with Gasteiger partial charge in [-0.25, -0.2) is 0 Å². The molecule has 0 aromatic carbocycles. The van der Waals surface area contributed by atoms with Gasteiger partial charge in [-0.2, -0.15) is 0 Å². The van der Waals surface area contributed by atoms with Crippen molar-refractivity contribution in [3.63, 3.8) is 0 Å². The van der Waals surface area contributed by atoms with E-state index in [0.29, 0.717) is 0 Å². The third-order valence-electron chi connectivity index (χ3n) is 5.30. The summed E-state index contributed by atoms with van der Waals surface area (Å²) in [5.41, 5.74) is 0. The lowest BCUT2D eigenvalue weighted by molar-refractivity contribution is 0.166. The van der Waals surface area contributed by atoms with Crippen LogP contribution in [-0.2, 0) is 4.74 Å². The first-order valence-electron chi connectivity index (χ1n) is 8.11. The molecule has 0 heterocycles. The molecular formula is C18H30O. The molecule has 19 heavy (non-hydrogen) atoms. The first kappa shape index (κ1) is 14.8. The van der Waals surface area contributed by atoms with E-state index in [4.69, 9.17) is 4.74 Å². The molecule has 0 radical (unpaired) electrons. The zero-order valence-corrected chi connectivity index (χ0v) is 12.5. The van der Waals surface area contributed by atoms with E-state index in [-0.39, 0.29) is 0 Å². The number of hydrogen-bond acceptors (Lipinski definition) is 1. The summed E-state index contributed by atoms with van der Waals surface area (Å²) >= 11 is 0. The van der Waals surface area contributed by atoms with Crippen LogP contribution in [-0.4, -0.2) is 13.7 Å². The minimum Gasteiger partial charge on any atom is -0.381 e. The molecule has 0 spiro atoms. The summed E-state index contributed by atoms with van der Waals surface area (Å²) in [5.74, 6) is 3.65. The maximum atomic E-state index is 5.07. The number of rotatable bonds is 5. The fourth-order valence-corrected chi connectivity index (χ4v) is 4.01. The van der Waals surface area contributed by atoms with Crippen LogP contribution in [0.2, 0.25) is 0 Å². The van der Waals surface area contributed by atoms with Gasteiger partial charge in [-0.1, -0.05) is 18.2 Å². The molecule has 0 bridgehead atoms. The summed E-state index contributed by atoms with van der Waals surface area (Å²) in [6, 6.07) is 0. The lowest BCUT2D eigenvalue weighted by atomic mass is 9.69. The molecular weight excluding hydrogens is 232 g/mol. The Morgan fingerprint density at radius 2 is 1.42 bits per heavy atom. The second kappa shape index (κ2) is 7.89. The van der Waals surface area contributed by atoms with Gasteiger partial charge in [0.05, 0.1) is 6.61 Å². The Kier molecular flexibility index (Phi) is 6.16. The molecule has 0 aliphatic heterocycles. The Balaban J connectivity index is 1.70. The number of hydrogen-bond donors (Lipinski definition) is 0. The normalized spacial score (nSPS) is 36.5. The van der Waals surface area contributed by atoms with Gasteiger partial charge in [-0.15, -0.1) is 6.58 Å². The van der Waals surface area contributed by atoms with Gasteiger partial charge < -0.3 is 4.74 Å². The predicted molar refractivity (Wildman–Crippen MR) is 82.1 cm³/mol. The second-order valence-electron chi connectivity index (χ2n) is 6.47. The Hall–Kier alpha value is -0.560. The lowest BCUT2D eigenvalue weighted by Gasteiger charge is -2.36. The summed E-state index contributed by atoms with van der Waals surface area (Å²) in [4.78, 5) is 0. The maximum absolute atomic E-state index is 5.07. The van der Waals surface area contributed by atoms with E-state index in [0.717, 1.165) is 30.3 Å². The van der Waals surface area contributed by atoms with E-state index in [9.17, 15) is 0 Å². The first-order valence-corrected chi connectivity index (χ1v) is 8.11. The Bertz CT molecular complexity index is 278. The van der Waals surface area contributed by atoms with Crippen LogP contribution in [0.5, 0.6) is 0 Å². The van der Waals surface area contributed by atoms with Crippen LogP contribution in [0.4, 0.5) is 0 Å². The highest BCUT2D eigenvalue weighted by molar-refractivity contribution is 4.93. The minimum absolute atomic E-state index is 0.769. The van der Waals surface area contributed by atoms with E-state index in [1.807, 2.05) is 0 Å². The Morgan fingerprint density at radius 1 is 0.895 bits per heavy atom. The highest BCUT2D eigenvalue weighted by Gasteiger charge is 2.29. The van der Waals surface area contributed by atoms with E-state index < -0.39 is 0 Å². The Morgan fingerprint density at radius 3 is 1.89 bits per heavy atom. The maximum Gasteiger partial charge on any atom is 0.0643 e. The quantitative estimate of drug-likeness (QED) is 0.634. The van der Waals surface area contributed by atoms with Gasteiger partial charge in [0.2, 0.25) is 0 Å². The van der Waals surface area contributed by atoms with Crippen molar-refractivity contribution >= 4 is 0 Å². The van der Waals surface area contributed by atoms with Crippen molar-refractivity contribution in [2.45, 2.75) is 51.4 Å². The first-order chi connectivity index (χ1) is 9.33. The van der Waals surface area contributed by atoms with Crippen molar-refractivity contribution in [2.75, 3.05) is 13.7 Å². The zero-order chi connectivity index (χ0) is 13.5. The van der Waals surface area contributed by atoms with Crippen LogP contribution in [0.1, 0.15) is 51.4 Å². The minimum atomic E-state index is 0.769. The van der Waals surface area contributed by atoms with Crippen molar-refractivity contribution in [3.8, 4) is 0 Å². The van der Waals surface area contributed by atoms with Crippen molar-refractivity contribution < 1.29 is 4.74 Å². The van der Waals surface area contributed by atoms with E-state index in [2.05, 4.69) is 24.8 Å². The number of ether oxygens (including phenoxy) is 1. The molecule has 2 rings (SSSR count). The molecule has 0 atom stereocenters. The highest BCUT2D eigenvalue weighted by Crippen LogP contribution is 2.41. The summed E-state index contributed by atoms with van der Waals surface area (Å²) < 4.78 is 5.07. The zero-order valence-electron chi connectivity index (χ0n) is 12.5. The molecule has 0 aromatic rings. The highest BCUT2D eigenvalue weighted by atomic mass is 16.5. The molecule has 0 N–H and O–H groups in total. The van der Waals surface area contributed by atoms with Gasteiger partial charge in [-0.3, -0.25) is 0 Å². The van der Waals surface area contributed by atoms with E-state index >= 15 is 0 Å². The fourth-order valence-electron chi connectivity index (χ4n) is 4.01. The molecule has 2 fully saturated rings. The Labute approximate surface area is 119 Å². The second-order valence-corrected chi connectivity index (χ2v) is 6.47. The van der Waals surface area contributed by atoms with Crippen LogP contribution in [0, 0.1) is 23.7 Å². The molecule has 0 unspecified atom stereocenters. The molecule has 0 saturated heterocycles. The molecule has 2 aliphatic carbocycles. The standard InChI is InChI=1S/C18H30O/c1-3-15-6-10-17(11-7-15)18-12-8-16(9-13-18)5-4-14-19-2/h3-5,15-18H,1,6-14H2,2H3/t15-,16-,17-,18-. The number of methoxy groups -OCH3 is 1. The van der Waals surface area contributed by atoms with Crippen LogP contribution in [0.3, 0.4) is 0 Å². The van der Waals surface area contributed by atoms with Crippen molar-refractivity contribution in [3.05, 3.63) is 24.8 Å². The van der Waals surface area contributed by atoms with Gasteiger partial charge in [-0.05, 0) is 75.0 Å². The molecule has 0 amide bonds. The summed E-state index contributed by atoms with van der Waals surface area (Å²) in [6.45, 7) is 4.72. The van der Waals surface area contributed by atoms with E-state index in [1.54, 1.807) is 7.11 Å². The van der Waals surface area contributed by atoms with Gasteiger partial charge in [0.25, 0.3) is 0 Å². The molecule has 108 valence electrons. The average Bonchev–Trinajstić information content (AvgIpc) is 2.48. The average molecular weight is 262 g/mol. The van der Waals surface area contributed by atoms with E-state index in [1.165, 1.54) is 51.4 Å². The third-order valence-corrected chi connectivity index (χ3v) is 5.30. The monoisotopic (exact) mass is 262 g/mol. The van der Waals surface area contributed by atoms with Gasteiger partial charge >= 0.3 is 0 Å². The summed E-state index contributed by atoms with van der Waals surface area (Å²) in [7, 11) is 1.76. The third kappa shape index (κ3) is 4.49. The van der Waals surface area contributed by atoms with Gasteiger partial charge in [0.1, 0.15) is 0 Å². The van der Waals surface area contributed by atoms with Gasteiger partial charge in [0.15, 0.2) is 0 Å². The van der Waals surface area contributed by atoms with Crippen molar-refractivity contribution in [1.82, 2.24) is 0 Å². The van der Waals surface area contributed by atoms with Crippen molar-refractivity contribution in [1.29, 1.82) is 0 Å². The van der Waals surface area contributed by atoms with Crippen molar-refractivity contribution in [2.24, 2.45) is 23.7 Å². The smallest absolute Gasteiger partial charge is 0.0643 e.